The van der Waals surface area contributed by atoms with Gasteiger partial charge in [0.05, 0.1) is 11.6 Å². The van der Waals surface area contributed by atoms with E-state index < -0.39 is 41.4 Å². The zero-order valence-electron chi connectivity index (χ0n) is 19.8. The summed E-state index contributed by atoms with van der Waals surface area (Å²) >= 11 is 0. The lowest BCUT2D eigenvalue weighted by Gasteiger charge is -2.27. The summed E-state index contributed by atoms with van der Waals surface area (Å²) in [7, 11) is 0. The number of fused-ring (bicyclic) bond motifs is 2. The van der Waals surface area contributed by atoms with Crippen LogP contribution in [0, 0.1) is 0 Å². The SMILES string of the molecule is C/C(=N/NC(=O)C1c2ccccc2Oc2ccccc21)c1ccc(NC(=O)C(F)(F)C(F)(F)C(F)(F)F)cc1. The van der Waals surface area contributed by atoms with E-state index >= 15 is 0 Å². The molecule has 0 spiro atoms. The lowest BCUT2D eigenvalue weighted by molar-refractivity contribution is -0.343. The summed E-state index contributed by atoms with van der Waals surface area (Å²) in [5, 5.41) is 5.40. The van der Waals surface area contributed by atoms with E-state index in [1.165, 1.54) is 24.4 Å². The van der Waals surface area contributed by atoms with Gasteiger partial charge < -0.3 is 10.1 Å². The number of carbonyl (C=O) groups excluding carboxylic acids is 2. The molecule has 204 valence electrons. The van der Waals surface area contributed by atoms with Crippen molar-refractivity contribution in [2.75, 3.05) is 5.32 Å². The molecule has 0 bridgehead atoms. The summed E-state index contributed by atoms with van der Waals surface area (Å²) in [5.74, 6) is -15.6. The van der Waals surface area contributed by atoms with Crippen LogP contribution in [0.2, 0.25) is 0 Å². The van der Waals surface area contributed by atoms with Gasteiger partial charge in [0.25, 0.3) is 5.91 Å². The fourth-order valence-corrected chi connectivity index (χ4v) is 3.79. The Morgan fingerprint density at radius 3 is 1.82 bits per heavy atom. The van der Waals surface area contributed by atoms with Crippen LogP contribution in [0.15, 0.2) is 77.9 Å². The van der Waals surface area contributed by atoms with Crippen LogP contribution >= 0.6 is 0 Å². The number of anilines is 1. The Morgan fingerprint density at radius 1 is 0.795 bits per heavy atom. The Kier molecular flexibility index (Phi) is 7.11. The highest BCUT2D eigenvalue weighted by Crippen LogP contribution is 2.47. The molecule has 6 nitrogen and oxygen atoms in total. The van der Waals surface area contributed by atoms with Crippen molar-refractivity contribution < 1.29 is 45.1 Å². The van der Waals surface area contributed by atoms with E-state index in [1.54, 1.807) is 48.5 Å². The largest absolute Gasteiger partial charge is 0.460 e. The van der Waals surface area contributed by atoms with Gasteiger partial charge in [-0.15, -0.1) is 0 Å². The van der Waals surface area contributed by atoms with Crippen molar-refractivity contribution in [2.24, 2.45) is 5.10 Å². The van der Waals surface area contributed by atoms with Crippen LogP contribution in [0.4, 0.5) is 36.4 Å². The average molecular weight is 553 g/mol. The molecule has 1 aliphatic heterocycles. The molecule has 0 unspecified atom stereocenters. The summed E-state index contributed by atoms with van der Waals surface area (Å²) in [6.07, 6.45) is -6.63. The highest BCUT2D eigenvalue weighted by molar-refractivity contribution is 6.01. The molecule has 39 heavy (non-hydrogen) atoms. The summed E-state index contributed by atoms with van der Waals surface area (Å²) in [4.78, 5) is 24.7. The van der Waals surface area contributed by atoms with Crippen molar-refractivity contribution in [3.8, 4) is 11.5 Å². The minimum absolute atomic E-state index is 0.240. The molecule has 0 atom stereocenters. The van der Waals surface area contributed by atoms with E-state index in [2.05, 4.69) is 10.5 Å². The van der Waals surface area contributed by atoms with E-state index in [9.17, 15) is 40.3 Å². The fourth-order valence-electron chi connectivity index (χ4n) is 3.79. The van der Waals surface area contributed by atoms with Crippen molar-refractivity contribution in [3.63, 3.8) is 0 Å². The molecule has 4 rings (SSSR count). The number of nitrogens with zero attached hydrogens (tertiary/aromatic N) is 1. The second kappa shape index (κ2) is 10.0. The smallest absolute Gasteiger partial charge is 0.457 e. The molecule has 0 saturated heterocycles. The maximum atomic E-state index is 13.5. The lowest BCUT2D eigenvalue weighted by Crippen LogP contribution is -2.57. The van der Waals surface area contributed by atoms with Gasteiger partial charge in [0.1, 0.15) is 11.5 Å². The number of rotatable bonds is 6. The standard InChI is InChI=1S/C26H18F7N3O3/c1-14(15-10-12-16(13-11-15)34-23(38)24(27,28)25(29,30)26(31,32)33)35-36-22(37)21-17-6-2-4-8-19(17)39-20-9-5-3-7-18(20)21/h2-13,21H,1H3,(H,34,38)(H,36,37)/b35-14-. The first-order valence-electron chi connectivity index (χ1n) is 11.2. The number of alkyl halides is 7. The van der Waals surface area contributed by atoms with E-state index in [0.29, 0.717) is 28.2 Å². The minimum Gasteiger partial charge on any atom is -0.457 e. The third-order valence-corrected chi connectivity index (χ3v) is 5.87. The summed E-state index contributed by atoms with van der Waals surface area (Å²) in [5.41, 5.74) is 3.81. The molecule has 1 heterocycles. The van der Waals surface area contributed by atoms with Crippen molar-refractivity contribution in [3.05, 3.63) is 89.5 Å². The zero-order valence-corrected chi connectivity index (χ0v) is 19.8. The molecule has 3 aromatic rings. The van der Waals surface area contributed by atoms with Gasteiger partial charge in [-0.25, -0.2) is 5.43 Å². The number of para-hydroxylation sites is 2. The van der Waals surface area contributed by atoms with Gasteiger partial charge in [0.2, 0.25) is 0 Å². The highest BCUT2D eigenvalue weighted by Gasteiger charge is 2.76. The normalized spacial score (nSPS) is 14.1. The Balaban J connectivity index is 1.47. The molecular formula is C26H18F7N3O3. The highest BCUT2D eigenvalue weighted by atomic mass is 19.4. The van der Waals surface area contributed by atoms with Crippen LogP contribution in [0.5, 0.6) is 11.5 Å². The third kappa shape index (κ3) is 5.16. The van der Waals surface area contributed by atoms with Crippen molar-refractivity contribution >= 4 is 23.2 Å². The zero-order chi connectivity index (χ0) is 28.6. The molecule has 2 N–H and O–H groups in total. The monoisotopic (exact) mass is 553 g/mol. The van der Waals surface area contributed by atoms with Gasteiger partial charge in [-0.3, -0.25) is 9.59 Å². The molecule has 0 radical (unpaired) electrons. The van der Waals surface area contributed by atoms with Crippen LogP contribution in [-0.4, -0.2) is 35.5 Å². The van der Waals surface area contributed by atoms with Gasteiger partial charge in [0.15, 0.2) is 0 Å². The number of ether oxygens (including phenoxy) is 1. The third-order valence-electron chi connectivity index (χ3n) is 5.87. The van der Waals surface area contributed by atoms with Crippen molar-refractivity contribution in [1.29, 1.82) is 0 Å². The molecule has 3 aromatic carbocycles. The number of carbonyl (C=O) groups is 2. The Bertz CT molecular complexity index is 1390. The summed E-state index contributed by atoms with van der Waals surface area (Å²) in [6.45, 7) is 1.50. The predicted molar refractivity (Wildman–Crippen MR) is 126 cm³/mol. The fraction of sp³-hybridized carbons (Fsp3) is 0.192. The van der Waals surface area contributed by atoms with Crippen LogP contribution in [0.3, 0.4) is 0 Å². The van der Waals surface area contributed by atoms with Crippen LogP contribution in [-0.2, 0) is 9.59 Å². The lowest BCUT2D eigenvalue weighted by atomic mass is 9.87. The van der Waals surface area contributed by atoms with E-state index in [1.807, 2.05) is 0 Å². The number of hydrogen-bond donors (Lipinski definition) is 2. The van der Waals surface area contributed by atoms with Gasteiger partial charge >= 0.3 is 23.9 Å². The Hall–Kier alpha value is -4.42. The Morgan fingerprint density at radius 2 is 1.31 bits per heavy atom. The number of hydrazone groups is 1. The molecule has 2 amide bonds. The maximum absolute atomic E-state index is 13.5. The number of halogens is 7. The molecule has 1 aliphatic rings. The molecule has 0 saturated carbocycles. The van der Waals surface area contributed by atoms with E-state index in [4.69, 9.17) is 4.74 Å². The van der Waals surface area contributed by atoms with Gasteiger partial charge in [0, 0.05) is 16.8 Å². The number of nitrogens with one attached hydrogen (secondary N) is 2. The molecule has 0 aliphatic carbocycles. The summed E-state index contributed by atoms with van der Waals surface area (Å²) < 4.78 is 96.0. The molecule has 0 fully saturated rings. The van der Waals surface area contributed by atoms with Gasteiger partial charge in [-0.2, -0.15) is 35.8 Å². The molecule has 13 heteroatoms. The number of amides is 2. The first kappa shape index (κ1) is 27.6. The second-order valence-corrected chi connectivity index (χ2v) is 8.46. The average Bonchev–Trinajstić information content (AvgIpc) is 2.89. The topological polar surface area (TPSA) is 79.8 Å². The summed E-state index contributed by atoms with van der Waals surface area (Å²) in [6, 6.07) is 18.4. The number of hydrogen-bond acceptors (Lipinski definition) is 4. The quantitative estimate of drug-likeness (QED) is 0.216. The predicted octanol–water partition coefficient (Wildman–Crippen LogP) is 6.24. The van der Waals surface area contributed by atoms with Crippen molar-refractivity contribution in [2.45, 2.75) is 30.9 Å². The second-order valence-electron chi connectivity index (χ2n) is 8.46. The first-order chi connectivity index (χ1) is 18.2. The van der Waals surface area contributed by atoms with Crippen LogP contribution < -0.4 is 15.5 Å². The number of benzene rings is 3. The molecule has 0 aromatic heterocycles. The van der Waals surface area contributed by atoms with E-state index in [-0.39, 0.29) is 5.71 Å². The van der Waals surface area contributed by atoms with E-state index in [0.717, 1.165) is 12.1 Å². The van der Waals surface area contributed by atoms with Gasteiger partial charge in [-0.1, -0.05) is 48.5 Å². The van der Waals surface area contributed by atoms with Crippen molar-refractivity contribution in [1.82, 2.24) is 5.43 Å². The molecular weight excluding hydrogens is 535 g/mol. The van der Waals surface area contributed by atoms with Gasteiger partial charge in [-0.05, 0) is 36.8 Å². The first-order valence-corrected chi connectivity index (χ1v) is 11.2. The minimum atomic E-state index is -6.63. The Labute approximate surface area is 216 Å². The van der Waals surface area contributed by atoms with Crippen LogP contribution in [0.25, 0.3) is 0 Å². The van der Waals surface area contributed by atoms with Crippen LogP contribution in [0.1, 0.15) is 29.5 Å². The maximum Gasteiger partial charge on any atom is 0.460 e.